The van der Waals surface area contributed by atoms with Gasteiger partial charge in [-0.3, -0.25) is 4.57 Å². The van der Waals surface area contributed by atoms with Gasteiger partial charge in [-0.05, 0) is 31.2 Å². The molecule has 1 aliphatic rings. The van der Waals surface area contributed by atoms with Crippen LogP contribution in [-0.2, 0) is 4.57 Å². The van der Waals surface area contributed by atoms with E-state index in [4.69, 9.17) is 9.79 Å². The Balaban J connectivity index is 1.62. The van der Waals surface area contributed by atoms with Crippen LogP contribution in [0, 0.1) is 5.92 Å². The minimum absolute atomic E-state index is 0.0271. The van der Waals surface area contributed by atoms with Crippen LogP contribution in [0.4, 0.5) is 5.82 Å². The zero-order chi connectivity index (χ0) is 17.0. The second kappa shape index (κ2) is 7.34. The molecule has 0 spiro atoms. The Morgan fingerprint density at radius 2 is 1.83 bits per heavy atom. The molecule has 1 saturated heterocycles. The first-order valence-electron chi connectivity index (χ1n) is 7.90. The number of hydrogen-bond acceptors (Lipinski definition) is 6. The first kappa shape index (κ1) is 17.0. The highest BCUT2D eigenvalue weighted by atomic mass is 31.2. The third-order valence-corrected chi connectivity index (χ3v) is 5.06. The van der Waals surface area contributed by atoms with Crippen molar-refractivity contribution in [1.29, 1.82) is 0 Å². The molecule has 2 aromatic rings. The molecule has 0 aliphatic carbocycles. The number of aromatic nitrogens is 4. The summed E-state index contributed by atoms with van der Waals surface area (Å²) in [5.41, 5.74) is 0.684. The fourth-order valence-electron chi connectivity index (χ4n) is 2.88. The van der Waals surface area contributed by atoms with Gasteiger partial charge in [0.2, 0.25) is 0 Å². The molecule has 1 aliphatic heterocycles. The first-order chi connectivity index (χ1) is 11.5. The summed E-state index contributed by atoms with van der Waals surface area (Å²) in [6, 6.07) is 3.64. The van der Waals surface area contributed by atoms with E-state index in [-0.39, 0.29) is 6.16 Å². The van der Waals surface area contributed by atoms with Crippen LogP contribution in [0.5, 0.6) is 0 Å². The molecule has 1 fully saturated rings. The molecule has 9 heteroatoms. The SMILES string of the molecule is O=P(O)(O)CCC1CCN(c2cc(-c3ncccn3)ncn2)CC1. The standard InChI is InChI=1S/C15H20N5O3P/c21-24(22,23)9-4-12-2-7-20(8-3-12)14-10-13(18-11-19-14)15-16-5-1-6-17-15/h1,5-6,10-12H,2-4,7-9H2,(H2,21,22,23). The maximum absolute atomic E-state index is 11.0. The minimum atomic E-state index is -3.89. The van der Waals surface area contributed by atoms with E-state index in [1.54, 1.807) is 18.5 Å². The van der Waals surface area contributed by atoms with E-state index in [1.807, 2.05) is 6.07 Å². The second-order valence-corrected chi connectivity index (χ2v) is 7.72. The van der Waals surface area contributed by atoms with Crippen molar-refractivity contribution >= 4 is 13.4 Å². The summed E-state index contributed by atoms with van der Waals surface area (Å²) in [6.07, 6.45) is 7.22. The van der Waals surface area contributed by atoms with Crippen LogP contribution in [0.15, 0.2) is 30.9 Å². The third kappa shape index (κ3) is 4.56. The summed E-state index contributed by atoms with van der Waals surface area (Å²) in [4.78, 5) is 37.1. The molecule has 0 saturated carbocycles. The minimum Gasteiger partial charge on any atom is -0.356 e. The highest BCUT2D eigenvalue weighted by Crippen LogP contribution is 2.38. The first-order valence-corrected chi connectivity index (χ1v) is 9.70. The fourth-order valence-corrected chi connectivity index (χ4v) is 3.58. The van der Waals surface area contributed by atoms with Crippen molar-refractivity contribution in [3.63, 3.8) is 0 Å². The van der Waals surface area contributed by atoms with Gasteiger partial charge in [0, 0.05) is 31.5 Å². The van der Waals surface area contributed by atoms with Crippen molar-refractivity contribution in [2.75, 3.05) is 24.2 Å². The Morgan fingerprint density at radius 3 is 2.50 bits per heavy atom. The van der Waals surface area contributed by atoms with Gasteiger partial charge in [-0.15, -0.1) is 0 Å². The van der Waals surface area contributed by atoms with Crippen LogP contribution in [0.3, 0.4) is 0 Å². The number of hydrogen-bond donors (Lipinski definition) is 2. The summed E-state index contributed by atoms with van der Waals surface area (Å²) >= 11 is 0. The van der Waals surface area contributed by atoms with Gasteiger partial charge < -0.3 is 14.7 Å². The molecular weight excluding hydrogens is 329 g/mol. The predicted octanol–water partition coefficient (Wildman–Crippen LogP) is 1.72. The molecule has 2 N–H and O–H groups in total. The third-order valence-electron chi connectivity index (χ3n) is 4.21. The zero-order valence-corrected chi connectivity index (χ0v) is 14.1. The maximum Gasteiger partial charge on any atom is 0.325 e. The summed E-state index contributed by atoms with van der Waals surface area (Å²) in [5.74, 6) is 1.76. The van der Waals surface area contributed by atoms with Gasteiger partial charge in [-0.25, -0.2) is 19.9 Å². The molecule has 0 radical (unpaired) electrons. The van der Waals surface area contributed by atoms with Crippen molar-refractivity contribution in [3.05, 3.63) is 30.9 Å². The van der Waals surface area contributed by atoms with E-state index in [0.717, 1.165) is 31.7 Å². The molecule has 2 aromatic heterocycles. The van der Waals surface area contributed by atoms with Gasteiger partial charge in [0.25, 0.3) is 0 Å². The Morgan fingerprint density at radius 1 is 1.12 bits per heavy atom. The normalized spacial score (nSPS) is 16.3. The average Bonchev–Trinajstić information content (AvgIpc) is 2.61. The zero-order valence-electron chi connectivity index (χ0n) is 13.2. The van der Waals surface area contributed by atoms with Crippen LogP contribution in [0.2, 0.25) is 0 Å². The van der Waals surface area contributed by atoms with Crippen LogP contribution in [0.25, 0.3) is 11.5 Å². The number of piperidine rings is 1. The van der Waals surface area contributed by atoms with Gasteiger partial charge in [0.1, 0.15) is 17.8 Å². The molecule has 3 rings (SSSR count). The molecule has 0 unspecified atom stereocenters. The van der Waals surface area contributed by atoms with Crippen molar-refractivity contribution in [3.8, 4) is 11.5 Å². The van der Waals surface area contributed by atoms with E-state index < -0.39 is 7.60 Å². The number of nitrogens with zero attached hydrogens (tertiary/aromatic N) is 5. The summed E-state index contributed by atoms with van der Waals surface area (Å²) in [5, 5.41) is 0. The molecule has 3 heterocycles. The molecule has 24 heavy (non-hydrogen) atoms. The maximum atomic E-state index is 11.0. The Bertz CT molecular complexity index is 716. The van der Waals surface area contributed by atoms with Crippen molar-refractivity contribution in [2.24, 2.45) is 5.92 Å². The lowest BCUT2D eigenvalue weighted by molar-refractivity contribution is 0.350. The van der Waals surface area contributed by atoms with Crippen molar-refractivity contribution in [2.45, 2.75) is 19.3 Å². The van der Waals surface area contributed by atoms with Crippen LogP contribution >= 0.6 is 7.60 Å². The molecule has 0 atom stereocenters. The van der Waals surface area contributed by atoms with Crippen LogP contribution < -0.4 is 4.90 Å². The smallest absolute Gasteiger partial charge is 0.325 e. The number of anilines is 1. The lowest BCUT2D eigenvalue weighted by Gasteiger charge is -2.32. The summed E-state index contributed by atoms with van der Waals surface area (Å²) < 4.78 is 11.0. The van der Waals surface area contributed by atoms with E-state index in [2.05, 4.69) is 24.8 Å². The average molecular weight is 349 g/mol. The fraction of sp³-hybridized carbons (Fsp3) is 0.467. The molecule has 0 amide bonds. The molecule has 8 nitrogen and oxygen atoms in total. The summed E-state index contributed by atoms with van der Waals surface area (Å²) in [7, 11) is -3.89. The Hall–Kier alpha value is -1.89. The van der Waals surface area contributed by atoms with Crippen LogP contribution in [-0.4, -0.2) is 49.0 Å². The molecule has 0 aromatic carbocycles. The molecule has 128 valence electrons. The Labute approximate surface area is 140 Å². The second-order valence-electron chi connectivity index (χ2n) is 5.94. The highest BCUT2D eigenvalue weighted by molar-refractivity contribution is 7.51. The lowest BCUT2D eigenvalue weighted by atomic mass is 9.94. The van der Waals surface area contributed by atoms with Gasteiger partial charge in [-0.1, -0.05) is 0 Å². The number of rotatable bonds is 5. The van der Waals surface area contributed by atoms with Crippen LogP contribution in [0.1, 0.15) is 19.3 Å². The quantitative estimate of drug-likeness (QED) is 0.785. The van der Waals surface area contributed by atoms with E-state index >= 15 is 0 Å². The molecule has 0 bridgehead atoms. The van der Waals surface area contributed by atoms with Gasteiger partial charge in [0.15, 0.2) is 5.82 Å². The highest BCUT2D eigenvalue weighted by Gasteiger charge is 2.23. The summed E-state index contributed by atoms with van der Waals surface area (Å²) in [6.45, 7) is 1.63. The van der Waals surface area contributed by atoms with Gasteiger partial charge in [-0.2, -0.15) is 0 Å². The predicted molar refractivity (Wildman–Crippen MR) is 89.5 cm³/mol. The van der Waals surface area contributed by atoms with Gasteiger partial charge in [0.05, 0.1) is 6.16 Å². The molecular formula is C15H20N5O3P. The Kier molecular flexibility index (Phi) is 5.18. The van der Waals surface area contributed by atoms with Gasteiger partial charge >= 0.3 is 7.60 Å². The van der Waals surface area contributed by atoms with E-state index in [9.17, 15) is 4.57 Å². The monoisotopic (exact) mass is 349 g/mol. The largest absolute Gasteiger partial charge is 0.356 e. The van der Waals surface area contributed by atoms with Crippen molar-refractivity contribution < 1.29 is 14.4 Å². The lowest BCUT2D eigenvalue weighted by Crippen LogP contribution is -2.34. The topological polar surface area (TPSA) is 112 Å². The van der Waals surface area contributed by atoms with Crippen molar-refractivity contribution in [1.82, 2.24) is 19.9 Å². The van der Waals surface area contributed by atoms with E-state index in [0.29, 0.717) is 23.9 Å². The van der Waals surface area contributed by atoms with E-state index in [1.165, 1.54) is 6.33 Å².